The number of carbonyl (C=O) groups excluding carboxylic acids is 1. The third kappa shape index (κ3) is 4.54. The molecular formula is C19H24N4O2. The van der Waals surface area contributed by atoms with E-state index in [0.29, 0.717) is 25.6 Å². The lowest BCUT2D eigenvalue weighted by atomic mass is 9.96. The molecule has 0 spiro atoms. The van der Waals surface area contributed by atoms with E-state index in [4.69, 9.17) is 4.74 Å². The number of nitrogens with zero attached hydrogens (tertiary/aromatic N) is 3. The predicted octanol–water partition coefficient (Wildman–Crippen LogP) is 2.12. The van der Waals surface area contributed by atoms with E-state index in [1.54, 1.807) is 6.20 Å². The van der Waals surface area contributed by atoms with Crippen molar-refractivity contribution in [1.82, 2.24) is 15.3 Å². The number of anilines is 1. The van der Waals surface area contributed by atoms with Gasteiger partial charge in [-0.3, -0.25) is 4.79 Å². The molecule has 1 aliphatic rings. The van der Waals surface area contributed by atoms with Crippen LogP contribution in [0.1, 0.15) is 30.7 Å². The van der Waals surface area contributed by atoms with Crippen molar-refractivity contribution in [3.8, 4) is 0 Å². The van der Waals surface area contributed by atoms with Crippen molar-refractivity contribution in [2.75, 3.05) is 31.2 Å². The second-order valence-electron chi connectivity index (χ2n) is 6.02. The first kappa shape index (κ1) is 17.4. The molecule has 132 valence electrons. The van der Waals surface area contributed by atoms with Gasteiger partial charge in [0.2, 0.25) is 5.91 Å². The van der Waals surface area contributed by atoms with Crippen molar-refractivity contribution in [2.45, 2.75) is 25.8 Å². The molecule has 1 fully saturated rings. The van der Waals surface area contributed by atoms with Crippen LogP contribution in [0.3, 0.4) is 0 Å². The summed E-state index contributed by atoms with van der Waals surface area (Å²) in [6.07, 6.45) is 2.50. The summed E-state index contributed by atoms with van der Waals surface area (Å²) in [5, 5.41) is 2.97. The van der Waals surface area contributed by atoms with Gasteiger partial charge in [-0.2, -0.15) is 0 Å². The maximum Gasteiger partial charge on any atom is 0.227 e. The molecule has 0 saturated carbocycles. The second kappa shape index (κ2) is 8.58. The number of carbonyl (C=O) groups is 1. The molecule has 0 unspecified atom stereocenters. The van der Waals surface area contributed by atoms with E-state index in [0.717, 1.165) is 30.9 Å². The minimum atomic E-state index is -0.149. The van der Waals surface area contributed by atoms with Gasteiger partial charge in [0.25, 0.3) is 0 Å². The van der Waals surface area contributed by atoms with Crippen LogP contribution >= 0.6 is 0 Å². The molecule has 1 aromatic heterocycles. The molecule has 25 heavy (non-hydrogen) atoms. The molecule has 1 N–H and O–H groups in total. The first-order valence-electron chi connectivity index (χ1n) is 8.75. The number of hydrogen-bond acceptors (Lipinski definition) is 5. The van der Waals surface area contributed by atoms with Gasteiger partial charge in [0.05, 0.1) is 25.7 Å². The topological polar surface area (TPSA) is 67.4 Å². The molecular weight excluding hydrogens is 316 g/mol. The van der Waals surface area contributed by atoms with Crippen molar-refractivity contribution in [2.24, 2.45) is 0 Å². The van der Waals surface area contributed by atoms with E-state index >= 15 is 0 Å². The lowest BCUT2D eigenvalue weighted by Gasteiger charge is -2.27. The van der Waals surface area contributed by atoms with Gasteiger partial charge in [0, 0.05) is 19.3 Å². The Hall–Kier alpha value is -2.47. The molecule has 0 bridgehead atoms. The summed E-state index contributed by atoms with van der Waals surface area (Å²) >= 11 is 0. The highest BCUT2D eigenvalue weighted by molar-refractivity contribution is 5.83. The van der Waals surface area contributed by atoms with E-state index in [-0.39, 0.29) is 11.8 Å². The fourth-order valence-corrected chi connectivity index (χ4v) is 2.99. The zero-order valence-corrected chi connectivity index (χ0v) is 14.5. The molecule has 1 aliphatic heterocycles. The molecule has 6 heteroatoms. The van der Waals surface area contributed by atoms with Gasteiger partial charge < -0.3 is 15.0 Å². The van der Waals surface area contributed by atoms with Gasteiger partial charge in [0.15, 0.2) is 0 Å². The van der Waals surface area contributed by atoms with Gasteiger partial charge in [-0.1, -0.05) is 37.3 Å². The van der Waals surface area contributed by atoms with Crippen LogP contribution in [0.25, 0.3) is 0 Å². The van der Waals surface area contributed by atoms with Gasteiger partial charge in [0.1, 0.15) is 11.6 Å². The lowest BCUT2D eigenvalue weighted by molar-refractivity contribution is -0.122. The molecule has 1 atom stereocenters. The summed E-state index contributed by atoms with van der Waals surface area (Å²) in [5.41, 5.74) is 1.03. The Balaban J connectivity index is 1.61. The summed E-state index contributed by atoms with van der Waals surface area (Å²) in [7, 11) is 0. The van der Waals surface area contributed by atoms with Crippen molar-refractivity contribution in [3.05, 3.63) is 54.0 Å². The highest BCUT2D eigenvalue weighted by Gasteiger charge is 2.19. The largest absolute Gasteiger partial charge is 0.378 e. The number of morpholine rings is 1. The van der Waals surface area contributed by atoms with E-state index in [9.17, 15) is 4.79 Å². The SMILES string of the molecule is CC[C@@H](C(=O)NCc1nccc(N2CCOCC2)n1)c1ccccc1. The zero-order chi connectivity index (χ0) is 17.5. The summed E-state index contributed by atoms with van der Waals surface area (Å²) < 4.78 is 5.37. The first-order chi connectivity index (χ1) is 12.3. The van der Waals surface area contributed by atoms with Gasteiger partial charge in [-0.25, -0.2) is 9.97 Å². The Morgan fingerprint density at radius 1 is 1.24 bits per heavy atom. The van der Waals surface area contributed by atoms with Crippen LogP contribution in [0.2, 0.25) is 0 Å². The molecule has 1 saturated heterocycles. The second-order valence-corrected chi connectivity index (χ2v) is 6.02. The zero-order valence-electron chi connectivity index (χ0n) is 14.5. The molecule has 6 nitrogen and oxygen atoms in total. The van der Waals surface area contributed by atoms with E-state index < -0.39 is 0 Å². The quantitative estimate of drug-likeness (QED) is 0.872. The highest BCUT2D eigenvalue weighted by atomic mass is 16.5. The standard InChI is InChI=1S/C19H24N4O2/c1-2-16(15-6-4-3-5-7-15)19(24)21-14-17-20-9-8-18(22-17)23-10-12-25-13-11-23/h3-9,16H,2,10-14H2,1H3,(H,21,24)/t16-/m1/s1. The summed E-state index contributed by atoms with van der Waals surface area (Å²) in [4.78, 5) is 23.6. The maximum atomic E-state index is 12.5. The normalized spacial score (nSPS) is 15.6. The fourth-order valence-electron chi connectivity index (χ4n) is 2.99. The van der Waals surface area contributed by atoms with E-state index in [1.165, 1.54) is 0 Å². The van der Waals surface area contributed by atoms with Crippen molar-refractivity contribution in [1.29, 1.82) is 0 Å². The number of rotatable bonds is 6. The van der Waals surface area contributed by atoms with Crippen molar-refractivity contribution >= 4 is 11.7 Å². The average molecular weight is 340 g/mol. The number of ether oxygens (including phenoxy) is 1. The van der Waals surface area contributed by atoms with Crippen molar-refractivity contribution < 1.29 is 9.53 Å². The van der Waals surface area contributed by atoms with Crippen LogP contribution in [0.5, 0.6) is 0 Å². The van der Waals surface area contributed by atoms with Crippen LogP contribution < -0.4 is 10.2 Å². The van der Waals surface area contributed by atoms with Crippen LogP contribution in [0.4, 0.5) is 5.82 Å². The van der Waals surface area contributed by atoms with E-state index in [1.807, 2.05) is 43.3 Å². The molecule has 0 aliphatic carbocycles. The summed E-state index contributed by atoms with van der Waals surface area (Å²) in [6.45, 7) is 5.44. The van der Waals surface area contributed by atoms with E-state index in [2.05, 4.69) is 20.2 Å². The van der Waals surface area contributed by atoms with Crippen LogP contribution in [-0.2, 0) is 16.1 Å². The summed E-state index contributed by atoms with van der Waals surface area (Å²) in [5.74, 6) is 1.37. The smallest absolute Gasteiger partial charge is 0.227 e. The number of amides is 1. The van der Waals surface area contributed by atoms with Gasteiger partial charge in [-0.15, -0.1) is 0 Å². The predicted molar refractivity (Wildman–Crippen MR) is 96.4 cm³/mol. The third-order valence-corrected chi connectivity index (χ3v) is 4.37. The van der Waals surface area contributed by atoms with Gasteiger partial charge in [-0.05, 0) is 18.1 Å². The average Bonchev–Trinajstić information content (AvgIpc) is 2.69. The maximum absolute atomic E-state index is 12.5. The third-order valence-electron chi connectivity index (χ3n) is 4.37. The Kier molecular flexibility index (Phi) is 5.95. The minimum absolute atomic E-state index is 0.00840. The molecule has 1 amide bonds. The molecule has 2 aromatic rings. The lowest BCUT2D eigenvalue weighted by Crippen LogP contribution is -2.37. The Morgan fingerprint density at radius 3 is 2.72 bits per heavy atom. The highest BCUT2D eigenvalue weighted by Crippen LogP contribution is 2.19. The number of aromatic nitrogens is 2. The fraction of sp³-hybridized carbons (Fsp3) is 0.421. The first-order valence-corrected chi connectivity index (χ1v) is 8.75. The monoisotopic (exact) mass is 340 g/mol. The van der Waals surface area contributed by atoms with Gasteiger partial charge >= 0.3 is 0 Å². The van der Waals surface area contributed by atoms with Crippen molar-refractivity contribution in [3.63, 3.8) is 0 Å². The van der Waals surface area contributed by atoms with Crippen LogP contribution in [0, 0.1) is 0 Å². The number of benzene rings is 1. The van der Waals surface area contributed by atoms with Crippen LogP contribution in [0.15, 0.2) is 42.6 Å². The minimum Gasteiger partial charge on any atom is -0.378 e. The Bertz CT molecular complexity index is 687. The Labute approximate surface area is 148 Å². The molecule has 0 radical (unpaired) electrons. The summed E-state index contributed by atoms with van der Waals surface area (Å²) in [6, 6.07) is 11.8. The molecule has 2 heterocycles. The Morgan fingerprint density at radius 2 is 2.00 bits per heavy atom. The molecule has 3 rings (SSSR count). The molecule has 1 aromatic carbocycles. The van der Waals surface area contributed by atoms with Crippen LogP contribution in [-0.4, -0.2) is 42.2 Å². The number of nitrogens with one attached hydrogen (secondary N) is 1. The number of hydrogen-bond donors (Lipinski definition) is 1.